The first-order chi connectivity index (χ1) is 8.59. The van der Waals surface area contributed by atoms with Crippen molar-refractivity contribution >= 4 is 11.8 Å². The van der Waals surface area contributed by atoms with E-state index in [1.54, 1.807) is 30.6 Å². The summed E-state index contributed by atoms with van der Waals surface area (Å²) in [5.74, 6) is -1.11. The lowest BCUT2D eigenvalue weighted by molar-refractivity contribution is 0.0989. The van der Waals surface area contributed by atoms with Crippen molar-refractivity contribution in [3.63, 3.8) is 0 Å². The lowest BCUT2D eigenvalue weighted by atomic mass is 9.97. The maximum absolute atomic E-state index is 11.4. The van der Waals surface area contributed by atoms with Crippen LogP contribution in [0.5, 0.6) is 0 Å². The Hall–Kier alpha value is -2.69. The Labute approximate surface area is 103 Å². The second-order valence-corrected chi connectivity index (χ2v) is 3.72. The molecule has 0 fully saturated rings. The van der Waals surface area contributed by atoms with Crippen molar-refractivity contribution in [3.05, 3.63) is 53.9 Å². The molecule has 2 aromatic rings. The van der Waals surface area contributed by atoms with E-state index in [1.165, 1.54) is 12.1 Å². The molecule has 5 nitrogen and oxygen atoms in total. The molecule has 0 aliphatic carbocycles. The maximum atomic E-state index is 11.4. The molecular weight excluding hydrogens is 230 g/mol. The smallest absolute Gasteiger partial charge is 0.249 e. The van der Waals surface area contributed by atoms with Crippen LogP contribution in [0.3, 0.4) is 0 Å². The summed E-state index contributed by atoms with van der Waals surface area (Å²) < 4.78 is 0. The van der Waals surface area contributed by atoms with Crippen molar-refractivity contribution in [2.75, 3.05) is 0 Å². The van der Waals surface area contributed by atoms with E-state index in [2.05, 4.69) is 4.98 Å². The Balaban J connectivity index is 2.65. The molecule has 0 atom stereocenters. The number of hydrogen-bond acceptors (Lipinski definition) is 3. The third-order valence-corrected chi connectivity index (χ3v) is 2.56. The van der Waals surface area contributed by atoms with Gasteiger partial charge in [-0.05, 0) is 41.5 Å². The molecule has 0 saturated carbocycles. The van der Waals surface area contributed by atoms with Gasteiger partial charge in [-0.25, -0.2) is 0 Å². The van der Waals surface area contributed by atoms with E-state index in [-0.39, 0.29) is 0 Å². The van der Waals surface area contributed by atoms with E-state index in [1.807, 2.05) is 0 Å². The Morgan fingerprint density at radius 2 is 1.61 bits per heavy atom. The molecule has 90 valence electrons. The van der Waals surface area contributed by atoms with Crippen LogP contribution in [0.4, 0.5) is 0 Å². The first-order valence-corrected chi connectivity index (χ1v) is 5.23. The number of hydrogen-bond donors (Lipinski definition) is 2. The van der Waals surface area contributed by atoms with Crippen LogP contribution >= 0.6 is 0 Å². The maximum Gasteiger partial charge on any atom is 0.249 e. The fraction of sp³-hybridized carbons (Fsp3) is 0. The van der Waals surface area contributed by atoms with Gasteiger partial charge in [-0.15, -0.1) is 0 Å². The largest absolute Gasteiger partial charge is 0.366 e. The molecule has 0 aliphatic heterocycles. The second-order valence-electron chi connectivity index (χ2n) is 3.72. The fourth-order valence-corrected chi connectivity index (χ4v) is 1.68. The van der Waals surface area contributed by atoms with Crippen LogP contribution in [0.2, 0.25) is 0 Å². The standard InChI is InChI=1S/C13H11N3O2/c14-12(17)9-1-2-10(13(15)18)11(7-9)8-3-5-16-6-4-8/h1-7H,(H2,14,17)(H2,15,18). The van der Waals surface area contributed by atoms with E-state index in [0.29, 0.717) is 16.7 Å². The molecule has 1 heterocycles. The van der Waals surface area contributed by atoms with Crippen LogP contribution in [0.15, 0.2) is 42.7 Å². The van der Waals surface area contributed by atoms with Gasteiger partial charge >= 0.3 is 0 Å². The molecule has 0 saturated heterocycles. The quantitative estimate of drug-likeness (QED) is 0.836. The lowest BCUT2D eigenvalue weighted by Crippen LogP contribution is -2.15. The highest BCUT2D eigenvalue weighted by Gasteiger charge is 2.12. The van der Waals surface area contributed by atoms with Crippen molar-refractivity contribution in [1.29, 1.82) is 0 Å². The van der Waals surface area contributed by atoms with Gasteiger partial charge in [-0.2, -0.15) is 0 Å². The van der Waals surface area contributed by atoms with Crippen LogP contribution in [0.25, 0.3) is 11.1 Å². The molecule has 1 aromatic carbocycles. The topological polar surface area (TPSA) is 99.1 Å². The Morgan fingerprint density at radius 3 is 2.17 bits per heavy atom. The van der Waals surface area contributed by atoms with Gasteiger partial charge in [0.15, 0.2) is 0 Å². The zero-order chi connectivity index (χ0) is 13.1. The molecule has 0 spiro atoms. The van der Waals surface area contributed by atoms with Gasteiger partial charge in [0.25, 0.3) is 0 Å². The van der Waals surface area contributed by atoms with Crippen molar-refractivity contribution < 1.29 is 9.59 Å². The first kappa shape index (κ1) is 11.8. The second kappa shape index (κ2) is 4.67. The van der Waals surface area contributed by atoms with Gasteiger partial charge in [-0.1, -0.05) is 0 Å². The number of rotatable bonds is 3. The Bertz CT molecular complexity index is 609. The molecular formula is C13H11N3O2. The fourth-order valence-electron chi connectivity index (χ4n) is 1.68. The zero-order valence-corrected chi connectivity index (χ0v) is 9.46. The van der Waals surface area contributed by atoms with Crippen LogP contribution in [-0.4, -0.2) is 16.8 Å². The van der Waals surface area contributed by atoms with Crippen molar-refractivity contribution in [2.45, 2.75) is 0 Å². The van der Waals surface area contributed by atoms with Crippen molar-refractivity contribution in [3.8, 4) is 11.1 Å². The van der Waals surface area contributed by atoms with Crippen LogP contribution in [0, 0.1) is 0 Å². The molecule has 2 rings (SSSR count). The Kier molecular flexibility index (Phi) is 3.05. The highest BCUT2D eigenvalue weighted by atomic mass is 16.1. The van der Waals surface area contributed by atoms with Crippen LogP contribution in [-0.2, 0) is 0 Å². The number of pyridine rings is 1. The van der Waals surface area contributed by atoms with E-state index in [0.717, 1.165) is 5.56 Å². The van der Waals surface area contributed by atoms with E-state index in [4.69, 9.17) is 11.5 Å². The number of nitrogens with zero attached hydrogens (tertiary/aromatic N) is 1. The van der Waals surface area contributed by atoms with Crippen LogP contribution in [0.1, 0.15) is 20.7 Å². The summed E-state index contributed by atoms with van der Waals surface area (Å²) in [6.07, 6.45) is 3.19. The summed E-state index contributed by atoms with van der Waals surface area (Å²) in [6.45, 7) is 0. The van der Waals surface area contributed by atoms with Crippen molar-refractivity contribution in [2.24, 2.45) is 11.5 Å². The van der Waals surface area contributed by atoms with Gasteiger partial charge in [0.1, 0.15) is 0 Å². The number of nitrogens with two attached hydrogens (primary N) is 2. The highest BCUT2D eigenvalue weighted by molar-refractivity contribution is 6.02. The molecule has 0 bridgehead atoms. The number of carbonyl (C=O) groups excluding carboxylic acids is 2. The molecule has 5 heteroatoms. The van der Waals surface area contributed by atoms with Gasteiger partial charge in [0, 0.05) is 23.5 Å². The van der Waals surface area contributed by atoms with E-state index >= 15 is 0 Å². The van der Waals surface area contributed by atoms with Crippen molar-refractivity contribution in [1.82, 2.24) is 4.98 Å². The molecule has 0 unspecified atom stereocenters. The number of amides is 2. The molecule has 0 radical (unpaired) electrons. The monoisotopic (exact) mass is 241 g/mol. The predicted octanol–water partition coefficient (Wildman–Crippen LogP) is 0.946. The van der Waals surface area contributed by atoms with Crippen LogP contribution < -0.4 is 11.5 Å². The Morgan fingerprint density at radius 1 is 0.944 bits per heavy atom. The summed E-state index contributed by atoms with van der Waals surface area (Å²) in [6, 6.07) is 7.99. The van der Waals surface area contributed by atoms with Gasteiger partial charge < -0.3 is 11.5 Å². The summed E-state index contributed by atoms with van der Waals surface area (Å²) in [5.41, 5.74) is 12.5. The molecule has 2 amide bonds. The van der Waals surface area contributed by atoms with Gasteiger partial charge in [-0.3, -0.25) is 14.6 Å². The lowest BCUT2D eigenvalue weighted by Gasteiger charge is -2.08. The number of benzene rings is 1. The van der Waals surface area contributed by atoms with Gasteiger partial charge in [0.05, 0.1) is 0 Å². The van der Waals surface area contributed by atoms with E-state index < -0.39 is 11.8 Å². The third-order valence-electron chi connectivity index (χ3n) is 2.56. The summed E-state index contributed by atoms with van der Waals surface area (Å²) >= 11 is 0. The zero-order valence-electron chi connectivity index (χ0n) is 9.46. The first-order valence-electron chi connectivity index (χ1n) is 5.23. The molecule has 4 N–H and O–H groups in total. The van der Waals surface area contributed by atoms with Gasteiger partial charge in [0.2, 0.25) is 11.8 Å². The highest BCUT2D eigenvalue weighted by Crippen LogP contribution is 2.24. The summed E-state index contributed by atoms with van der Waals surface area (Å²) in [7, 11) is 0. The summed E-state index contributed by atoms with van der Waals surface area (Å²) in [5, 5.41) is 0. The van der Waals surface area contributed by atoms with E-state index in [9.17, 15) is 9.59 Å². The minimum Gasteiger partial charge on any atom is -0.366 e. The molecule has 1 aromatic heterocycles. The number of primary amides is 2. The normalized spacial score (nSPS) is 10.0. The SMILES string of the molecule is NC(=O)c1ccc(C(N)=O)c(-c2ccncc2)c1. The number of carbonyl (C=O) groups is 2. The third kappa shape index (κ3) is 2.20. The average Bonchev–Trinajstić information content (AvgIpc) is 2.39. The summed E-state index contributed by atoms with van der Waals surface area (Å²) in [4.78, 5) is 26.4. The minimum absolute atomic E-state index is 0.326. The molecule has 18 heavy (non-hydrogen) atoms. The predicted molar refractivity (Wildman–Crippen MR) is 66.7 cm³/mol. The number of aromatic nitrogens is 1. The molecule has 0 aliphatic rings. The minimum atomic E-state index is -0.558. The average molecular weight is 241 g/mol.